The molecular formula is C19H32IN3O2. The first kappa shape index (κ1) is 22.0. The number of nitrogens with one attached hydrogen (secondary N) is 2. The van der Waals surface area contributed by atoms with E-state index in [1.807, 2.05) is 30.3 Å². The van der Waals surface area contributed by atoms with E-state index in [9.17, 15) is 0 Å². The number of hydrogen-bond acceptors (Lipinski definition) is 3. The molecule has 0 saturated heterocycles. The number of benzene rings is 1. The first-order valence-electron chi connectivity index (χ1n) is 9.05. The second-order valence-corrected chi connectivity index (χ2v) is 6.21. The number of para-hydroxylation sites is 1. The molecule has 0 aliphatic heterocycles. The van der Waals surface area contributed by atoms with E-state index in [2.05, 4.69) is 22.5 Å². The molecule has 6 heteroatoms. The quantitative estimate of drug-likeness (QED) is 0.230. The Morgan fingerprint density at radius 1 is 1.24 bits per heavy atom. The molecule has 0 amide bonds. The zero-order chi connectivity index (χ0) is 17.0. The SMILES string of the molecule is CCC(CNC(=NC)NCCCOCC1CC1)Oc1ccccc1.I. The fraction of sp³-hybridized carbons (Fsp3) is 0.632. The van der Waals surface area contributed by atoms with Gasteiger partial charge in [0, 0.05) is 26.8 Å². The van der Waals surface area contributed by atoms with Crippen LogP contribution in [0.5, 0.6) is 5.75 Å². The molecule has 1 fully saturated rings. The molecule has 0 spiro atoms. The lowest BCUT2D eigenvalue weighted by Gasteiger charge is -2.20. The Hall–Kier alpha value is -1.02. The van der Waals surface area contributed by atoms with E-state index in [0.717, 1.165) is 56.8 Å². The fourth-order valence-electron chi connectivity index (χ4n) is 2.31. The van der Waals surface area contributed by atoms with Crippen molar-refractivity contribution in [3.8, 4) is 5.75 Å². The lowest BCUT2D eigenvalue weighted by Crippen LogP contribution is -2.42. The minimum atomic E-state index is 0. The summed E-state index contributed by atoms with van der Waals surface area (Å²) < 4.78 is 11.6. The highest BCUT2D eigenvalue weighted by atomic mass is 127. The summed E-state index contributed by atoms with van der Waals surface area (Å²) in [5.41, 5.74) is 0. The van der Waals surface area contributed by atoms with E-state index in [4.69, 9.17) is 9.47 Å². The van der Waals surface area contributed by atoms with Crippen molar-refractivity contribution < 1.29 is 9.47 Å². The van der Waals surface area contributed by atoms with E-state index in [-0.39, 0.29) is 30.1 Å². The molecule has 0 radical (unpaired) electrons. The molecule has 5 nitrogen and oxygen atoms in total. The van der Waals surface area contributed by atoms with E-state index >= 15 is 0 Å². The molecule has 1 saturated carbocycles. The summed E-state index contributed by atoms with van der Waals surface area (Å²) in [6.07, 6.45) is 4.74. The predicted octanol–water partition coefficient (Wildman–Crippen LogP) is 3.44. The van der Waals surface area contributed by atoms with Gasteiger partial charge in [0.25, 0.3) is 0 Å². The zero-order valence-electron chi connectivity index (χ0n) is 15.4. The first-order valence-corrected chi connectivity index (χ1v) is 9.05. The van der Waals surface area contributed by atoms with Gasteiger partial charge in [-0.3, -0.25) is 4.99 Å². The van der Waals surface area contributed by atoms with Crippen LogP contribution in [0, 0.1) is 5.92 Å². The molecule has 0 aromatic heterocycles. The van der Waals surface area contributed by atoms with Gasteiger partial charge in [0.15, 0.2) is 5.96 Å². The molecule has 0 heterocycles. The Labute approximate surface area is 169 Å². The van der Waals surface area contributed by atoms with Crippen LogP contribution < -0.4 is 15.4 Å². The molecule has 1 aromatic carbocycles. The van der Waals surface area contributed by atoms with Crippen molar-refractivity contribution in [1.82, 2.24) is 10.6 Å². The maximum Gasteiger partial charge on any atom is 0.191 e. The van der Waals surface area contributed by atoms with Gasteiger partial charge in [-0.2, -0.15) is 0 Å². The summed E-state index contributed by atoms with van der Waals surface area (Å²) in [7, 11) is 1.79. The van der Waals surface area contributed by atoms with Crippen LogP contribution in [0.3, 0.4) is 0 Å². The van der Waals surface area contributed by atoms with Gasteiger partial charge in [-0.25, -0.2) is 0 Å². The van der Waals surface area contributed by atoms with Crippen LogP contribution >= 0.6 is 24.0 Å². The Morgan fingerprint density at radius 3 is 2.64 bits per heavy atom. The van der Waals surface area contributed by atoms with Crippen molar-refractivity contribution in [3.63, 3.8) is 0 Å². The van der Waals surface area contributed by atoms with Crippen LogP contribution in [-0.4, -0.2) is 45.4 Å². The summed E-state index contributed by atoms with van der Waals surface area (Å²) in [6.45, 7) is 5.46. The Bertz CT molecular complexity index is 481. The first-order chi connectivity index (χ1) is 11.8. The number of aliphatic imine (C=N–C) groups is 1. The number of nitrogens with zero attached hydrogens (tertiary/aromatic N) is 1. The molecule has 1 aliphatic carbocycles. The van der Waals surface area contributed by atoms with Crippen LogP contribution in [0.25, 0.3) is 0 Å². The number of rotatable bonds is 11. The molecule has 1 atom stereocenters. The molecule has 2 N–H and O–H groups in total. The third-order valence-electron chi connectivity index (χ3n) is 4.03. The topological polar surface area (TPSA) is 54.9 Å². The normalized spacial score (nSPS) is 15.2. The van der Waals surface area contributed by atoms with Crippen molar-refractivity contribution in [3.05, 3.63) is 30.3 Å². The zero-order valence-corrected chi connectivity index (χ0v) is 17.7. The van der Waals surface area contributed by atoms with Gasteiger partial charge in [-0.1, -0.05) is 25.1 Å². The number of guanidine groups is 1. The van der Waals surface area contributed by atoms with E-state index in [0.29, 0.717) is 0 Å². The molecular weight excluding hydrogens is 429 g/mol. The van der Waals surface area contributed by atoms with Crippen LogP contribution in [0.15, 0.2) is 35.3 Å². The Balaban J connectivity index is 0.00000312. The molecule has 142 valence electrons. The lowest BCUT2D eigenvalue weighted by atomic mass is 10.2. The summed E-state index contributed by atoms with van der Waals surface area (Å²) in [5, 5.41) is 6.65. The Kier molecular flexibility index (Phi) is 11.6. The number of hydrogen-bond donors (Lipinski definition) is 2. The largest absolute Gasteiger partial charge is 0.489 e. The Morgan fingerprint density at radius 2 is 2.00 bits per heavy atom. The molecule has 0 bridgehead atoms. The van der Waals surface area contributed by atoms with Crippen molar-refractivity contribution in [1.29, 1.82) is 0 Å². The van der Waals surface area contributed by atoms with Crippen LogP contribution in [0.2, 0.25) is 0 Å². The minimum absolute atomic E-state index is 0. The van der Waals surface area contributed by atoms with Crippen molar-refractivity contribution in [2.24, 2.45) is 10.9 Å². The van der Waals surface area contributed by atoms with Crippen LogP contribution in [-0.2, 0) is 4.74 Å². The van der Waals surface area contributed by atoms with Gasteiger partial charge < -0.3 is 20.1 Å². The van der Waals surface area contributed by atoms with Crippen molar-refractivity contribution in [2.75, 3.05) is 33.4 Å². The van der Waals surface area contributed by atoms with E-state index in [1.54, 1.807) is 7.05 Å². The standard InChI is InChI=1S/C19H31N3O2.HI/c1-3-17(24-18-8-5-4-6-9-18)14-22-19(20-2)21-12-7-13-23-15-16-10-11-16;/h4-6,8-9,16-17H,3,7,10-15H2,1-2H3,(H2,20,21,22);1H. The average molecular weight is 461 g/mol. The minimum Gasteiger partial charge on any atom is -0.489 e. The molecule has 25 heavy (non-hydrogen) atoms. The molecule has 1 aliphatic rings. The monoisotopic (exact) mass is 461 g/mol. The van der Waals surface area contributed by atoms with Gasteiger partial charge in [0.1, 0.15) is 11.9 Å². The highest BCUT2D eigenvalue weighted by Crippen LogP contribution is 2.28. The van der Waals surface area contributed by atoms with Gasteiger partial charge in [0.05, 0.1) is 6.54 Å². The highest BCUT2D eigenvalue weighted by Gasteiger charge is 2.20. The van der Waals surface area contributed by atoms with E-state index in [1.165, 1.54) is 12.8 Å². The molecule has 2 rings (SSSR count). The van der Waals surface area contributed by atoms with Gasteiger partial charge in [-0.15, -0.1) is 24.0 Å². The second kappa shape index (κ2) is 13.2. The number of halogens is 1. The second-order valence-electron chi connectivity index (χ2n) is 6.21. The smallest absolute Gasteiger partial charge is 0.191 e. The predicted molar refractivity (Wildman–Crippen MR) is 114 cm³/mol. The summed E-state index contributed by atoms with van der Waals surface area (Å²) in [4.78, 5) is 4.26. The maximum atomic E-state index is 5.98. The summed E-state index contributed by atoms with van der Waals surface area (Å²) in [6, 6.07) is 9.93. The maximum absolute atomic E-state index is 5.98. The van der Waals surface area contributed by atoms with E-state index < -0.39 is 0 Å². The molecule has 1 aromatic rings. The average Bonchev–Trinajstić information content (AvgIpc) is 3.44. The summed E-state index contributed by atoms with van der Waals surface area (Å²) in [5.74, 6) is 2.55. The fourth-order valence-corrected chi connectivity index (χ4v) is 2.31. The van der Waals surface area contributed by atoms with Crippen LogP contribution in [0.4, 0.5) is 0 Å². The highest BCUT2D eigenvalue weighted by molar-refractivity contribution is 14.0. The summed E-state index contributed by atoms with van der Waals surface area (Å²) >= 11 is 0. The van der Waals surface area contributed by atoms with Gasteiger partial charge in [0.2, 0.25) is 0 Å². The number of ether oxygens (including phenoxy) is 2. The van der Waals surface area contributed by atoms with Gasteiger partial charge in [-0.05, 0) is 43.7 Å². The third kappa shape index (κ3) is 9.89. The van der Waals surface area contributed by atoms with Crippen LogP contribution in [0.1, 0.15) is 32.6 Å². The lowest BCUT2D eigenvalue weighted by molar-refractivity contribution is 0.123. The van der Waals surface area contributed by atoms with Crippen molar-refractivity contribution >= 4 is 29.9 Å². The third-order valence-corrected chi connectivity index (χ3v) is 4.03. The van der Waals surface area contributed by atoms with Gasteiger partial charge >= 0.3 is 0 Å². The molecule has 1 unspecified atom stereocenters. The van der Waals surface area contributed by atoms with Crippen molar-refractivity contribution in [2.45, 2.75) is 38.7 Å².